The molecule has 0 aliphatic rings. The fraction of sp³-hybridized carbons (Fsp3) is 0.714. The van der Waals surface area contributed by atoms with Crippen LogP contribution in [0.15, 0.2) is 48.6 Å². The third kappa shape index (κ3) is 27.8. The van der Waals surface area contributed by atoms with E-state index in [0.29, 0.717) is 17.6 Å². The van der Waals surface area contributed by atoms with Crippen LogP contribution in [0.2, 0.25) is 0 Å². The number of rotatable bonds is 25. The minimum atomic E-state index is -4.20. The number of likely N-dealkylation sites (N-methyl/N-ethyl adjacent to an activating group) is 1. The third-order valence-electron chi connectivity index (χ3n) is 5.26. The highest BCUT2D eigenvalue weighted by molar-refractivity contribution is 7.47. The largest absolute Gasteiger partial charge is 0.472 e. The van der Waals surface area contributed by atoms with Crippen LogP contribution in [0.1, 0.15) is 71.1 Å². The zero-order chi connectivity index (χ0) is 27.7. The quantitative estimate of drug-likeness (QED) is 0.0323. The Balaban J connectivity index is 3.71. The number of allylic oxidation sites excluding steroid dienone is 8. The lowest BCUT2D eigenvalue weighted by Gasteiger charge is -2.24. The first-order chi connectivity index (χ1) is 17.7. The third-order valence-corrected chi connectivity index (χ3v) is 6.24. The molecule has 2 N–H and O–H groups in total. The van der Waals surface area contributed by atoms with Gasteiger partial charge in [-0.05, 0) is 51.4 Å². The van der Waals surface area contributed by atoms with Crippen LogP contribution < -0.4 is 0 Å². The van der Waals surface area contributed by atoms with Gasteiger partial charge in [0, 0.05) is 6.61 Å². The summed E-state index contributed by atoms with van der Waals surface area (Å²) in [5, 5.41) is 8.97. The van der Waals surface area contributed by atoms with Gasteiger partial charge in [0.15, 0.2) is 0 Å². The molecule has 0 aromatic heterocycles. The zero-order valence-electron chi connectivity index (χ0n) is 23.6. The Kier molecular flexibility index (Phi) is 23.3. The van der Waals surface area contributed by atoms with Gasteiger partial charge in [0.25, 0.3) is 0 Å². The van der Waals surface area contributed by atoms with E-state index in [2.05, 4.69) is 60.4 Å². The second-order valence-corrected chi connectivity index (χ2v) is 11.5. The molecule has 0 saturated carbocycles. The van der Waals surface area contributed by atoms with Crippen molar-refractivity contribution in [1.82, 2.24) is 0 Å². The van der Waals surface area contributed by atoms with Crippen molar-refractivity contribution >= 4 is 7.82 Å². The SMILES string of the molecule is CCCCC/C=C\C/C=C\C/C=C\C/C=C\CCCCOC[C@H](COP(=O)(O)OCC[N+](C)(C)C)OO. The van der Waals surface area contributed by atoms with Gasteiger partial charge < -0.3 is 14.1 Å². The highest BCUT2D eigenvalue weighted by atomic mass is 31.2. The average molecular weight is 547 g/mol. The van der Waals surface area contributed by atoms with Crippen LogP contribution in [0.25, 0.3) is 0 Å². The normalized spacial score (nSPS) is 15.5. The van der Waals surface area contributed by atoms with E-state index in [4.69, 9.17) is 19.0 Å². The molecule has 0 bridgehead atoms. The van der Waals surface area contributed by atoms with E-state index in [9.17, 15) is 9.46 Å². The van der Waals surface area contributed by atoms with Crippen molar-refractivity contribution in [3.63, 3.8) is 0 Å². The van der Waals surface area contributed by atoms with Crippen LogP contribution in [-0.4, -0.2) is 74.9 Å². The summed E-state index contributed by atoms with van der Waals surface area (Å²) in [6.45, 7) is 3.12. The van der Waals surface area contributed by atoms with Gasteiger partial charge in [-0.1, -0.05) is 68.4 Å². The molecule has 0 fully saturated rings. The molecule has 8 nitrogen and oxygen atoms in total. The van der Waals surface area contributed by atoms with E-state index in [1.54, 1.807) is 0 Å². The first-order valence-electron chi connectivity index (χ1n) is 13.6. The fourth-order valence-corrected chi connectivity index (χ4v) is 3.74. The Morgan fingerprint density at radius 2 is 1.30 bits per heavy atom. The molecule has 0 spiro atoms. The lowest BCUT2D eigenvalue weighted by molar-refractivity contribution is -0.870. The standard InChI is InChI=1S/C28H52NO7P/c1-5-6-7-8-9-10-11-12-13-14-15-16-17-18-19-20-21-22-24-33-26-28(36-30)27-35-37(31,32)34-25-23-29(2,3)4/h9-10,12-13,15-16,18-19,28H,5-8,11,14,17,20-27H2,1-4H3,(H-,30,31,32)/p+1/b10-9-,13-12-,16-15-,19-18-/t28-/m1/s1. The highest BCUT2D eigenvalue weighted by Gasteiger charge is 2.25. The van der Waals surface area contributed by atoms with E-state index < -0.39 is 13.9 Å². The molecule has 0 aromatic carbocycles. The summed E-state index contributed by atoms with van der Waals surface area (Å²) in [5.74, 6) is 0. The summed E-state index contributed by atoms with van der Waals surface area (Å²) in [5.41, 5.74) is 0. The number of phosphoric acid groups is 1. The summed E-state index contributed by atoms with van der Waals surface area (Å²) in [4.78, 5) is 14.0. The lowest BCUT2D eigenvalue weighted by atomic mass is 10.2. The van der Waals surface area contributed by atoms with Crippen molar-refractivity contribution in [3.8, 4) is 0 Å². The Morgan fingerprint density at radius 1 is 0.757 bits per heavy atom. The summed E-state index contributed by atoms with van der Waals surface area (Å²) >= 11 is 0. The van der Waals surface area contributed by atoms with Crippen molar-refractivity contribution in [1.29, 1.82) is 0 Å². The lowest BCUT2D eigenvalue weighted by Crippen LogP contribution is -2.37. The maximum atomic E-state index is 11.9. The number of hydrogen-bond donors (Lipinski definition) is 2. The predicted octanol–water partition coefficient (Wildman–Crippen LogP) is 6.85. The van der Waals surface area contributed by atoms with E-state index in [1.807, 2.05) is 21.1 Å². The van der Waals surface area contributed by atoms with E-state index in [0.717, 1.165) is 38.5 Å². The molecular weight excluding hydrogens is 493 g/mol. The number of hydrogen-bond acceptors (Lipinski definition) is 6. The zero-order valence-corrected chi connectivity index (χ0v) is 24.5. The van der Waals surface area contributed by atoms with Crippen LogP contribution in [0.5, 0.6) is 0 Å². The van der Waals surface area contributed by atoms with Gasteiger partial charge in [-0.3, -0.25) is 14.3 Å². The van der Waals surface area contributed by atoms with Gasteiger partial charge >= 0.3 is 7.82 Å². The smallest absolute Gasteiger partial charge is 0.379 e. The minimum Gasteiger partial charge on any atom is -0.379 e. The first kappa shape index (κ1) is 35.9. The number of quaternary nitrogens is 1. The molecule has 0 aromatic rings. The molecule has 0 heterocycles. The second kappa shape index (κ2) is 24.0. The van der Waals surface area contributed by atoms with E-state index in [-0.39, 0.29) is 19.8 Å². The van der Waals surface area contributed by atoms with Crippen molar-refractivity contribution < 1.29 is 37.9 Å². The van der Waals surface area contributed by atoms with Crippen molar-refractivity contribution in [2.24, 2.45) is 0 Å². The topological polar surface area (TPSA) is 94.5 Å². The summed E-state index contributed by atoms with van der Waals surface area (Å²) in [7, 11) is 1.64. The van der Waals surface area contributed by atoms with Gasteiger partial charge in [-0.2, -0.15) is 0 Å². The Hall–Kier alpha value is -1.09. The van der Waals surface area contributed by atoms with Gasteiger partial charge in [0.1, 0.15) is 19.3 Å². The van der Waals surface area contributed by atoms with Gasteiger partial charge in [0.05, 0.1) is 34.4 Å². The Labute approximate surface area is 225 Å². The molecular formula is C28H53NO7P+. The highest BCUT2D eigenvalue weighted by Crippen LogP contribution is 2.43. The number of ether oxygens (including phenoxy) is 1. The minimum absolute atomic E-state index is 0.0553. The molecule has 0 amide bonds. The molecule has 0 aliphatic carbocycles. The molecule has 37 heavy (non-hydrogen) atoms. The number of unbranched alkanes of at least 4 members (excludes halogenated alkanes) is 5. The molecule has 2 atom stereocenters. The van der Waals surface area contributed by atoms with Crippen LogP contribution in [0.4, 0.5) is 0 Å². The first-order valence-corrected chi connectivity index (χ1v) is 15.1. The van der Waals surface area contributed by atoms with E-state index in [1.165, 1.54) is 25.7 Å². The van der Waals surface area contributed by atoms with Crippen LogP contribution in [-0.2, 0) is 23.2 Å². The van der Waals surface area contributed by atoms with E-state index >= 15 is 0 Å². The molecule has 0 radical (unpaired) electrons. The van der Waals surface area contributed by atoms with Crippen LogP contribution in [0.3, 0.4) is 0 Å². The van der Waals surface area contributed by atoms with Crippen LogP contribution in [0, 0.1) is 0 Å². The fourth-order valence-electron chi connectivity index (χ4n) is 3.00. The van der Waals surface area contributed by atoms with Gasteiger partial charge in [-0.15, -0.1) is 0 Å². The Morgan fingerprint density at radius 3 is 1.81 bits per heavy atom. The van der Waals surface area contributed by atoms with Crippen LogP contribution >= 0.6 is 7.82 Å². The summed E-state index contributed by atoms with van der Waals surface area (Å²) in [6, 6.07) is 0. The maximum Gasteiger partial charge on any atom is 0.472 e. The average Bonchev–Trinajstić information content (AvgIpc) is 2.83. The molecule has 0 saturated heterocycles. The number of phosphoric ester groups is 1. The summed E-state index contributed by atoms with van der Waals surface area (Å²) < 4.78 is 27.8. The second-order valence-electron chi connectivity index (χ2n) is 10.00. The Bertz CT molecular complexity index is 687. The predicted molar refractivity (Wildman–Crippen MR) is 151 cm³/mol. The molecule has 0 aliphatic heterocycles. The monoisotopic (exact) mass is 546 g/mol. The molecule has 216 valence electrons. The maximum absolute atomic E-state index is 11.9. The number of nitrogens with zero attached hydrogens (tertiary/aromatic N) is 1. The molecule has 9 heteroatoms. The summed E-state index contributed by atoms with van der Waals surface area (Å²) in [6.07, 6.45) is 27.6. The molecule has 0 rings (SSSR count). The van der Waals surface area contributed by atoms with Crippen molar-refractivity contribution in [2.45, 2.75) is 77.2 Å². The molecule has 1 unspecified atom stereocenters. The van der Waals surface area contributed by atoms with Crippen molar-refractivity contribution in [2.75, 3.05) is 54.1 Å². The van der Waals surface area contributed by atoms with Crippen molar-refractivity contribution in [3.05, 3.63) is 48.6 Å². The van der Waals surface area contributed by atoms with Gasteiger partial charge in [-0.25, -0.2) is 9.45 Å². The van der Waals surface area contributed by atoms with Gasteiger partial charge in [0.2, 0.25) is 0 Å².